The van der Waals surface area contributed by atoms with Gasteiger partial charge in [-0.25, -0.2) is 4.39 Å². The Morgan fingerprint density at radius 3 is 2.00 bits per heavy atom. The van der Waals surface area contributed by atoms with Gasteiger partial charge in [-0.2, -0.15) is 0 Å². The van der Waals surface area contributed by atoms with E-state index in [1.165, 1.54) is 18.2 Å². The molecule has 2 aromatic carbocycles. The second kappa shape index (κ2) is 9.61. The zero-order chi connectivity index (χ0) is 20.8. The van der Waals surface area contributed by atoms with Gasteiger partial charge in [-0.1, -0.05) is 25.5 Å². The molecule has 2 rings (SSSR count). The number of hydrogen-bond acceptors (Lipinski definition) is 6. The molecule has 0 aliphatic rings. The monoisotopic (exact) mass is 387 g/mol. The van der Waals surface area contributed by atoms with Crippen molar-refractivity contribution in [1.29, 1.82) is 0 Å². The number of amides is 1. The summed E-state index contributed by atoms with van der Waals surface area (Å²) in [6, 6.07) is 6.58. The van der Waals surface area contributed by atoms with Crippen molar-refractivity contribution < 1.29 is 34.1 Å². The van der Waals surface area contributed by atoms with Crippen LogP contribution in [-0.4, -0.2) is 52.6 Å². The summed E-state index contributed by atoms with van der Waals surface area (Å²) in [7, 11) is -3.88. The van der Waals surface area contributed by atoms with Gasteiger partial charge in [-0.3, -0.25) is 9.59 Å². The smallest absolute Gasteiger partial charge is 0.423 e. The van der Waals surface area contributed by atoms with Crippen LogP contribution >= 0.6 is 0 Å². The topological polar surface area (TPSA) is 127 Å². The molecule has 146 valence electrons. The van der Waals surface area contributed by atoms with Gasteiger partial charge in [0.15, 0.2) is 5.78 Å². The predicted octanol–water partition coefficient (Wildman–Crippen LogP) is -1.05. The number of carbonyl (C=O) groups is 2. The van der Waals surface area contributed by atoms with Gasteiger partial charge < -0.3 is 25.4 Å². The van der Waals surface area contributed by atoms with Crippen LogP contribution in [0.1, 0.15) is 46.0 Å². The van der Waals surface area contributed by atoms with Crippen LogP contribution in [0.5, 0.6) is 0 Å². The number of ketones is 1. The van der Waals surface area contributed by atoms with Gasteiger partial charge in [0.2, 0.25) is 0 Å². The van der Waals surface area contributed by atoms with Gasteiger partial charge in [0.1, 0.15) is 5.82 Å². The third-order valence-electron chi connectivity index (χ3n) is 4.07. The minimum absolute atomic E-state index is 0.0453. The van der Waals surface area contributed by atoms with Crippen LogP contribution in [0.2, 0.25) is 0 Å². The number of nitrogens with one attached hydrogen (secondary N) is 1. The summed E-state index contributed by atoms with van der Waals surface area (Å²) in [5.74, 6) is -2.05. The Hall–Kier alpha value is -2.52. The summed E-state index contributed by atoms with van der Waals surface area (Å²) in [4.78, 5) is 25.0. The lowest BCUT2D eigenvalue weighted by Crippen LogP contribution is -2.33. The van der Waals surface area contributed by atoms with Crippen LogP contribution < -0.4 is 16.2 Å². The van der Waals surface area contributed by atoms with Crippen LogP contribution in [0, 0.1) is 5.82 Å². The molecule has 10 heteroatoms. The van der Waals surface area contributed by atoms with Crippen molar-refractivity contribution in [2.75, 3.05) is 6.54 Å². The highest BCUT2D eigenvalue weighted by molar-refractivity contribution is 6.59. The first-order valence-corrected chi connectivity index (χ1v) is 8.73. The molecule has 0 saturated heterocycles. The number of halogens is 1. The third-order valence-corrected chi connectivity index (χ3v) is 4.07. The van der Waals surface area contributed by atoms with Crippen LogP contribution in [0.25, 0.3) is 0 Å². The Morgan fingerprint density at radius 2 is 1.43 bits per heavy atom. The molecule has 0 atom stereocenters. The molecule has 0 unspecified atom stereocenters. The standard InChI is InChI=1S/C18H20B2FNO6/c1-2-3-4-22-18(24)13-5-11(6-14(8-13)19(25)26)17(23)12-7-15(20(27)28)10-16(21)9-12/h5-10,25-28H,2-4H2,1H3,(H,22,24). The Kier molecular flexibility index (Phi) is 7.47. The van der Waals surface area contributed by atoms with E-state index in [-0.39, 0.29) is 27.6 Å². The van der Waals surface area contributed by atoms with E-state index in [4.69, 9.17) is 0 Å². The summed E-state index contributed by atoms with van der Waals surface area (Å²) >= 11 is 0. The lowest BCUT2D eigenvalue weighted by atomic mass is 9.77. The number of unbranched alkanes of at least 4 members (excludes halogenated alkanes) is 1. The normalized spacial score (nSPS) is 10.5. The highest BCUT2D eigenvalue weighted by Gasteiger charge is 2.21. The average molecular weight is 387 g/mol. The molecule has 0 aliphatic heterocycles. The highest BCUT2D eigenvalue weighted by Crippen LogP contribution is 2.13. The Morgan fingerprint density at radius 1 is 0.893 bits per heavy atom. The first-order chi connectivity index (χ1) is 13.2. The van der Waals surface area contributed by atoms with Crippen LogP contribution in [-0.2, 0) is 0 Å². The molecule has 0 aliphatic carbocycles. The number of benzene rings is 2. The third kappa shape index (κ3) is 5.49. The van der Waals surface area contributed by atoms with E-state index in [0.717, 1.165) is 31.0 Å². The fourth-order valence-electron chi connectivity index (χ4n) is 2.60. The van der Waals surface area contributed by atoms with Crippen molar-refractivity contribution in [3.05, 3.63) is 58.9 Å². The van der Waals surface area contributed by atoms with Gasteiger partial charge in [-0.05, 0) is 41.6 Å². The molecule has 0 radical (unpaired) electrons. The zero-order valence-electron chi connectivity index (χ0n) is 15.2. The maximum Gasteiger partial charge on any atom is 0.488 e. The molecular weight excluding hydrogens is 367 g/mol. The maximum atomic E-state index is 13.7. The quantitative estimate of drug-likeness (QED) is 0.224. The van der Waals surface area contributed by atoms with E-state index in [0.29, 0.717) is 6.54 Å². The van der Waals surface area contributed by atoms with E-state index in [9.17, 15) is 34.1 Å². The van der Waals surface area contributed by atoms with Crippen molar-refractivity contribution in [2.24, 2.45) is 0 Å². The lowest BCUT2D eigenvalue weighted by Gasteiger charge is -2.11. The molecule has 0 bridgehead atoms. The fourth-order valence-corrected chi connectivity index (χ4v) is 2.60. The van der Waals surface area contributed by atoms with E-state index >= 15 is 0 Å². The first kappa shape index (κ1) is 21.8. The molecule has 1 amide bonds. The van der Waals surface area contributed by atoms with Crippen molar-refractivity contribution in [1.82, 2.24) is 5.32 Å². The van der Waals surface area contributed by atoms with E-state index in [1.807, 2.05) is 6.92 Å². The minimum Gasteiger partial charge on any atom is -0.423 e. The molecule has 0 heterocycles. The molecule has 7 nitrogen and oxygen atoms in total. The number of hydrogen-bond donors (Lipinski definition) is 5. The Balaban J connectivity index is 2.43. The molecule has 2 aromatic rings. The van der Waals surface area contributed by atoms with Crippen LogP contribution in [0.3, 0.4) is 0 Å². The number of carbonyl (C=O) groups excluding carboxylic acids is 2. The molecule has 0 saturated carbocycles. The highest BCUT2D eigenvalue weighted by atomic mass is 19.1. The van der Waals surface area contributed by atoms with Crippen molar-refractivity contribution >= 4 is 36.9 Å². The van der Waals surface area contributed by atoms with Crippen molar-refractivity contribution in [3.63, 3.8) is 0 Å². The molecule has 0 spiro atoms. The van der Waals surface area contributed by atoms with Crippen LogP contribution in [0.4, 0.5) is 4.39 Å². The molecule has 0 fully saturated rings. The maximum absolute atomic E-state index is 13.7. The summed E-state index contributed by atoms with van der Waals surface area (Å²) in [6.07, 6.45) is 1.63. The second-order valence-corrected chi connectivity index (χ2v) is 6.30. The van der Waals surface area contributed by atoms with Gasteiger partial charge in [0.25, 0.3) is 5.91 Å². The Labute approximate surface area is 162 Å². The van der Waals surface area contributed by atoms with E-state index in [1.54, 1.807) is 0 Å². The van der Waals surface area contributed by atoms with Gasteiger partial charge in [0, 0.05) is 23.2 Å². The molecule has 28 heavy (non-hydrogen) atoms. The zero-order valence-corrected chi connectivity index (χ0v) is 15.2. The second-order valence-electron chi connectivity index (χ2n) is 6.30. The summed E-state index contributed by atoms with van der Waals surface area (Å²) in [5.41, 5.74) is -0.492. The molecular formula is C18H20B2FNO6. The van der Waals surface area contributed by atoms with Crippen molar-refractivity contribution in [2.45, 2.75) is 19.8 Å². The van der Waals surface area contributed by atoms with Crippen molar-refractivity contribution in [3.8, 4) is 0 Å². The average Bonchev–Trinajstić information content (AvgIpc) is 2.66. The van der Waals surface area contributed by atoms with Gasteiger partial charge >= 0.3 is 14.2 Å². The Bertz CT molecular complexity index is 875. The molecule has 5 N–H and O–H groups in total. The fraction of sp³-hybridized carbons (Fsp3) is 0.222. The van der Waals surface area contributed by atoms with Gasteiger partial charge in [-0.15, -0.1) is 0 Å². The summed E-state index contributed by atoms with van der Waals surface area (Å²) in [5, 5.41) is 40.0. The van der Waals surface area contributed by atoms with E-state index in [2.05, 4.69) is 5.32 Å². The number of rotatable bonds is 8. The minimum atomic E-state index is -1.97. The van der Waals surface area contributed by atoms with Gasteiger partial charge in [0.05, 0.1) is 0 Å². The largest absolute Gasteiger partial charge is 0.488 e. The lowest BCUT2D eigenvalue weighted by molar-refractivity contribution is 0.0953. The first-order valence-electron chi connectivity index (χ1n) is 8.73. The predicted molar refractivity (Wildman–Crippen MR) is 103 cm³/mol. The SMILES string of the molecule is CCCCNC(=O)c1cc(B(O)O)cc(C(=O)c2cc(F)cc(B(O)O)c2)c1. The summed E-state index contributed by atoms with van der Waals surface area (Å²) in [6.45, 7) is 2.38. The summed E-state index contributed by atoms with van der Waals surface area (Å²) < 4.78 is 13.7. The van der Waals surface area contributed by atoms with E-state index < -0.39 is 31.7 Å². The van der Waals surface area contributed by atoms with Crippen LogP contribution in [0.15, 0.2) is 36.4 Å². The molecule has 0 aromatic heterocycles.